The van der Waals surface area contributed by atoms with E-state index in [2.05, 4.69) is 24.0 Å². The molecule has 1 aliphatic rings. The SMILES string of the molecule is COc1ccc(COCC#CCOC[C@@H]2O[C@H]2c2ccccc2)cc1. The highest BCUT2D eigenvalue weighted by Gasteiger charge is 2.39. The summed E-state index contributed by atoms with van der Waals surface area (Å²) in [5.41, 5.74) is 2.30. The van der Waals surface area contributed by atoms with Gasteiger partial charge in [0, 0.05) is 0 Å². The first-order valence-electron chi connectivity index (χ1n) is 8.31. The first-order valence-corrected chi connectivity index (χ1v) is 8.31. The summed E-state index contributed by atoms with van der Waals surface area (Å²) in [6.45, 7) is 1.89. The average Bonchev–Trinajstić information content (AvgIpc) is 3.45. The molecule has 2 aromatic carbocycles. The lowest BCUT2D eigenvalue weighted by molar-refractivity contribution is 0.142. The van der Waals surface area contributed by atoms with Crippen LogP contribution in [0.2, 0.25) is 0 Å². The van der Waals surface area contributed by atoms with Crippen molar-refractivity contribution in [3.63, 3.8) is 0 Å². The molecule has 2 aromatic rings. The summed E-state index contributed by atoms with van der Waals surface area (Å²) in [6.07, 6.45) is 0.317. The second kappa shape index (κ2) is 9.24. The van der Waals surface area contributed by atoms with Gasteiger partial charge >= 0.3 is 0 Å². The third-order valence-electron chi connectivity index (χ3n) is 3.89. The molecule has 0 unspecified atom stereocenters. The van der Waals surface area contributed by atoms with Crippen molar-refractivity contribution in [1.82, 2.24) is 0 Å². The maximum Gasteiger partial charge on any atom is 0.118 e. The van der Waals surface area contributed by atoms with Crippen LogP contribution in [0.3, 0.4) is 0 Å². The van der Waals surface area contributed by atoms with Crippen molar-refractivity contribution in [2.45, 2.75) is 18.8 Å². The van der Waals surface area contributed by atoms with Gasteiger partial charge in [-0.1, -0.05) is 54.3 Å². The molecule has 0 aromatic heterocycles. The van der Waals surface area contributed by atoms with Gasteiger partial charge in [-0.25, -0.2) is 0 Å². The average molecular weight is 338 g/mol. The third-order valence-corrected chi connectivity index (χ3v) is 3.89. The van der Waals surface area contributed by atoms with Crippen LogP contribution in [-0.2, 0) is 20.8 Å². The number of hydrogen-bond donors (Lipinski definition) is 0. The van der Waals surface area contributed by atoms with Crippen LogP contribution >= 0.6 is 0 Å². The summed E-state index contributed by atoms with van der Waals surface area (Å²) in [6, 6.07) is 18.0. The molecule has 0 aliphatic carbocycles. The molecule has 2 atom stereocenters. The molecule has 25 heavy (non-hydrogen) atoms. The van der Waals surface area contributed by atoms with E-state index < -0.39 is 0 Å². The molecule has 1 saturated heterocycles. The molecular formula is C21H22O4. The Morgan fingerprint density at radius 3 is 2.36 bits per heavy atom. The predicted molar refractivity (Wildman–Crippen MR) is 95.3 cm³/mol. The Morgan fingerprint density at radius 2 is 1.64 bits per heavy atom. The van der Waals surface area contributed by atoms with E-state index in [4.69, 9.17) is 18.9 Å². The van der Waals surface area contributed by atoms with E-state index in [-0.39, 0.29) is 12.2 Å². The van der Waals surface area contributed by atoms with Crippen molar-refractivity contribution >= 4 is 0 Å². The maximum atomic E-state index is 5.61. The van der Waals surface area contributed by atoms with Gasteiger partial charge in [-0.3, -0.25) is 0 Å². The highest BCUT2D eigenvalue weighted by molar-refractivity contribution is 5.26. The van der Waals surface area contributed by atoms with Gasteiger partial charge in [0.2, 0.25) is 0 Å². The smallest absolute Gasteiger partial charge is 0.118 e. The zero-order chi connectivity index (χ0) is 17.3. The first kappa shape index (κ1) is 17.5. The summed E-state index contributed by atoms with van der Waals surface area (Å²) < 4.78 is 21.8. The van der Waals surface area contributed by atoms with Crippen LogP contribution in [0, 0.1) is 11.8 Å². The van der Waals surface area contributed by atoms with Gasteiger partial charge in [-0.15, -0.1) is 0 Å². The fraction of sp³-hybridized carbons (Fsp3) is 0.333. The standard InChI is InChI=1S/C21H22O4/c1-22-19-11-9-17(10-12-19)15-23-13-5-6-14-24-16-20-21(25-20)18-7-3-2-4-8-18/h2-4,7-12,20-21H,13-16H2,1H3/t20-,21-/m0/s1. The number of hydrogen-bond acceptors (Lipinski definition) is 4. The molecule has 0 N–H and O–H groups in total. The van der Waals surface area contributed by atoms with Gasteiger partial charge in [0.25, 0.3) is 0 Å². The minimum absolute atomic E-state index is 0.149. The Bertz CT molecular complexity index is 700. The monoisotopic (exact) mass is 338 g/mol. The Labute approximate surface area is 148 Å². The summed E-state index contributed by atoms with van der Waals surface area (Å²) in [7, 11) is 1.65. The van der Waals surface area contributed by atoms with Crippen LogP contribution in [0.25, 0.3) is 0 Å². The van der Waals surface area contributed by atoms with E-state index in [9.17, 15) is 0 Å². The fourth-order valence-electron chi connectivity index (χ4n) is 2.48. The first-order chi connectivity index (χ1) is 12.4. The maximum absolute atomic E-state index is 5.61. The lowest BCUT2D eigenvalue weighted by atomic mass is 10.1. The van der Waals surface area contributed by atoms with Crippen LogP contribution in [0.5, 0.6) is 5.75 Å². The Morgan fingerprint density at radius 1 is 0.920 bits per heavy atom. The van der Waals surface area contributed by atoms with E-state index in [0.717, 1.165) is 11.3 Å². The molecule has 0 amide bonds. The van der Waals surface area contributed by atoms with Crippen LogP contribution in [0.15, 0.2) is 54.6 Å². The Hall–Kier alpha value is -2.32. The zero-order valence-electron chi connectivity index (χ0n) is 14.3. The van der Waals surface area contributed by atoms with E-state index >= 15 is 0 Å². The molecule has 1 aliphatic heterocycles. The Balaban J connectivity index is 1.24. The molecular weight excluding hydrogens is 316 g/mol. The molecule has 3 rings (SSSR count). The number of rotatable bonds is 8. The summed E-state index contributed by atoms with van der Waals surface area (Å²) in [5, 5.41) is 0. The van der Waals surface area contributed by atoms with Crippen LogP contribution in [0.4, 0.5) is 0 Å². The van der Waals surface area contributed by atoms with Crippen LogP contribution < -0.4 is 4.74 Å². The van der Waals surface area contributed by atoms with E-state index in [1.165, 1.54) is 5.56 Å². The molecule has 1 heterocycles. The minimum atomic E-state index is 0.149. The minimum Gasteiger partial charge on any atom is -0.497 e. The van der Waals surface area contributed by atoms with Gasteiger partial charge in [-0.05, 0) is 23.3 Å². The zero-order valence-corrected chi connectivity index (χ0v) is 14.3. The quantitative estimate of drug-likeness (QED) is 0.420. The van der Waals surface area contributed by atoms with Crippen molar-refractivity contribution in [1.29, 1.82) is 0 Å². The Kier molecular flexibility index (Phi) is 6.47. The molecule has 130 valence electrons. The van der Waals surface area contributed by atoms with Gasteiger partial charge in [0.15, 0.2) is 0 Å². The number of benzene rings is 2. The van der Waals surface area contributed by atoms with Gasteiger partial charge in [-0.2, -0.15) is 0 Å². The van der Waals surface area contributed by atoms with Gasteiger partial charge in [0.05, 0.1) is 20.3 Å². The summed E-state index contributed by atoms with van der Waals surface area (Å²) in [5.74, 6) is 6.75. The van der Waals surface area contributed by atoms with E-state index in [1.54, 1.807) is 7.11 Å². The van der Waals surface area contributed by atoms with Crippen molar-refractivity contribution in [2.75, 3.05) is 26.9 Å². The van der Waals surface area contributed by atoms with Crippen molar-refractivity contribution < 1.29 is 18.9 Å². The van der Waals surface area contributed by atoms with E-state index in [0.29, 0.717) is 26.4 Å². The molecule has 0 saturated carbocycles. The normalized spacial score (nSPS) is 18.3. The number of methoxy groups -OCH3 is 1. The van der Waals surface area contributed by atoms with Crippen molar-refractivity contribution in [3.8, 4) is 17.6 Å². The van der Waals surface area contributed by atoms with Crippen molar-refractivity contribution in [2.24, 2.45) is 0 Å². The number of epoxide rings is 1. The molecule has 4 heteroatoms. The van der Waals surface area contributed by atoms with Gasteiger partial charge < -0.3 is 18.9 Å². The highest BCUT2D eigenvalue weighted by atomic mass is 16.6. The topological polar surface area (TPSA) is 40.2 Å². The highest BCUT2D eigenvalue weighted by Crippen LogP contribution is 2.38. The van der Waals surface area contributed by atoms with Crippen molar-refractivity contribution in [3.05, 3.63) is 65.7 Å². The fourth-order valence-corrected chi connectivity index (χ4v) is 2.48. The van der Waals surface area contributed by atoms with Crippen LogP contribution in [0.1, 0.15) is 17.2 Å². The summed E-state index contributed by atoms with van der Waals surface area (Å²) >= 11 is 0. The van der Waals surface area contributed by atoms with E-state index in [1.807, 2.05) is 42.5 Å². The third kappa shape index (κ3) is 5.61. The largest absolute Gasteiger partial charge is 0.497 e. The molecule has 1 fully saturated rings. The van der Waals surface area contributed by atoms with Gasteiger partial charge in [0.1, 0.15) is 31.2 Å². The molecule has 4 nitrogen and oxygen atoms in total. The molecule has 0 bridgehead atoms. The second-order valence-electron chi connectivity index (χ2n) is 5.72. The summed E-state index contributed by atoms with van der Waals surface area (Å²) in [4.78, 5) is 0. The molecule has 0 spiro atoms. The number of ether oxygens (including phenoxy) is 4. The van der Waals surface area contributed by atoms with Crippen LogP contribution in [-0.4, -0.2) is 33.0 Å². The predicted octanol–water partition coefficient (Wildman–Crippen LogP) is 3.37. The second-order valence-corrected chi connectivity index (χ2v) is 5.72. The lowest BCUT2D eigenvalue weighted by Gasteiger charge is -2.02. The molecule has 0 radical (unpaired) electrons. The lowest BCUT2D eigenvalue weighted by Crippen LogP contribution is -2.03.